The first-order valence-corrected chi connectivity index (χ1v) is 9.00. The molecule has 0 bridgehead atoms. The molecule has 1 atom stereocenters. The second kappa shape index (κ2) is 8.26. The molecule has 3 rings (SSSR count). The zero-order valence-electron chi connectivity index (χ0n) is 14.7. The lowest BCUT2D eigenvalue weighted by Gasteiger charge is -2.32. The Morgan fingerprint density at radius 1 is 1.12 bits per heavy atom. The summed E-state index contributed by atoms with van der Waals surface area (Å²) in [6.07, 6.45) is 2.92. The van der Waals surface area contributed by atoms with E-state index in [9.17, 15) is 9.18 Å². The van der Waals surface area contributed by atoms with E-state index in [0.717, 1.165) is 50.1 Å². The predicted molar refractivity (Wildman–Crippen MR) is 98.9 cm³/mol. The summed E-state index contributed by atoms with van der Waals surface area (Å²) >= 11 is 0. The van der Waals surface area contributed by atoms with Gasteiger partial charge in [-0.05, 0) is 61.2 Å². The zero-order valence-corrected chi connectivity index (χ0v) is 14.7. The van der Waals surface area contributed by atoms with Gasteiger partial charge >= 0.3 is 0 Å². The highest BCUT2D eigenvalue weighted by Gasteiger charge is 2.25. The number of hydrogen-bond donors (Lipinski definition) is 1. The van der Waals surface area contributed by atoms with Gasteiger partial charge in [0.05, 0.1) is 5.92 Å². The highest BCUT2D eigenvalue weighted by atomic mass is 19.1. The molecule has 0 radical (unpaired) electrons. The summed E-state index contributed by atoms with van der Waals surface area (Å²) in [4.78, 5) is 14.9. The van der Waals surface area contributed by atoms with E-state index in [1.165, 1.54) is 17.7 Å². The molecule has 1 N–H and O–H groups in total. The number of carbonyl (C=O) groups excluding carboxylic acids is 1. The van der Waals surface area contributed by atoms with E-state index in [2.05, 4.69) is 29.3 Å². The Kier molecular flexibility index (Phi) is 5.82. The summed E-state index contributed by atoms with van der Waals surface area (Å²) in [5, 5.41) is 3.04. The number of nitrogens with zero attached hydrogens (tertiary/aromatic N) is 1. The van der Waals surface area contributed by atoms with Crippen LogP contribution < -0.4 is 5.32 Å². The third-order valence-electron chi connectivity index (χ3n) is 4.83. The molecule has 0 aliphatic carbocycles. The van der Waals surface area contributed by atoms with Crippen LogP contribution in [0.15, 0.2) is 48.5 Å². The Morgan fingerprint density at radius 3 is 2.48 bits per heavy atom. The van der Waals surface area contributed by atoms with Crippen LogP contribution in [0, 0.1) is 11.7 Å². The quantitative estimate of drug-likeness (QED) is 0.883. The number of halogens is 1. The number of benzene rings is 2. The maximum atomic E-state index is 13.0. The molecule has 1 amide bonds. The monoisotopic (exact) mass is 340 g/mol. The lowest BCUT2D eigenvalue weighted by molar-refractivity contribution is -0.121. The molecule has 0 spiro atoms. The van der Waals surface area contributed by atoms with Gasteiger partial charge in [-0.1, -0.05) is 31.2 Å². The molecule has 1 aliphatic heterocycles. The Bertz CT molecular complexity index is 697. The van der Waals surface area contributed by atoms with Crippen LogP contribution in [0.5, 0.6) is 0 Å². The van der Waals surface area contributed by atoms with Gasteiger partial charge in [0.15, 0.2) is 0 Å². The van der Waals surface area contributed by atoms with Crippen LogP contribution in [0.2, 0.25) is 0 Å². The summed E-state index contributed by atoms with van der Waals surface area (Å²) in [5.41, 5.74) is 3.21. The van der Waals surface area contributed by atoms with Crippen LogP contribution >= 0.6 is 0 Å². The van der Waals surface area contributed by atoms with Crippen LogP contribution in [0.25, 0.3) is 0 Å². The highest BCUT2D eigenvalue weighted by Crippen LogP contribution is 2.21. The summed E-state index contributed by atoms with van der Waals surface area (Å²) in [7, 11) is 0. The molecular formula is C21H25FN2O. The maximum absolute atomic E-state index is 13.0. The van der Waals surface area contributed by atoms with E-state index >= 15 is 0 Å². The molecule has 3 nitrogen and oxygen atoms in total. The Balaban J connectivity index is 1.56. The largest absolute Gasteiger partial charge is 0.326 e. The minimum absolute atomic E-state index is 0.0000463. The first-order chi connectivity index (χ1) is 12.1. The second-order valence-electron chi connectivity index (χ2n) is 6.74. The number of rotatable bonds is 5. The summed E-state index contributed by atoms with van der Waals surface area (Å²) in [5.74, 6) is -0.123. The normalized spacial score (nSPS) is 18.1. The molecule has 1 fully saturated rings. The number of likely N-dealkylation sites (tertiary alicyclic amines) is 1. The van der Waals surface area contributed by atoms with E-state index < -0.39 is 0 Å². The van der Waals surface area contributed by atoms with E-state index in [1.807, 2.05) is 24.3 Å². The molecule has 2 aromatic carbocycles. The van der Waals surface area contributed by atoms with Crippen LogP contribution in [-0.4, -0.2) is 23.9 Å². The van der Waals surface area contributed by atoms with Crippen molar-refractivity contribution in [3.05, 3.63) is 65.5 Å². The van der Waals surface area contributed by atoms with Gasteiger partial charge in [-0.25, -0.2) is 4.39 Å². The number of amides is 1. The van der Waals surface area contributed by atoms with Crippen molar-refractivity contribution in [1.29, 1.82) is 0 Å². The third kappa shape index (κ3) is 4.89. The van der Waals surface area contributed by atoms with E-state index in [-0.39, 0.29) is 17.6 Å². The van der Waals surface area contributed by atoms with E-state index in [0.29, 0.717) is 0 Å². The molecule has 1 aliphatic rings. The lowest BCUT2D eigenvalue weighted by Crippen LogP contribution is -2.40. The zero-order chi connectivity index (χ0) is 17.6. The van der Waals surface area contributed by atoms with Crippen LogP contribution in [0.1, 0.15) is 30.9 Å². The van der Waals surface area contributed by atoms with Crippen molar-refractivity contribution in [3.8, 4) is 0 Å². The van der Waals surface area contributed by atoms with Crippen molar-refractivity contribution in [1.82, 2.24) is 4.90 Å². The van der Waals surface area contributed by atoms with Gasteiger partial charge in [0.2, 0.25) is 5.91 Å². The van der Waals surface area contributed by atoms with Crippen molar-refractivity contribution < 1.29 is 9.18 Å². The third-order valence-corrected chi connectivity index (χ3v) is 4.83. The molecule has 25 heavy (non-hydrogen) atoms. The predicted octanol–water partition coefficient (Wildman–Crippen LogP) is 4.24. The molecule has 0 aromatic heterocycles. The summed E-state index contributed by atoms with van der Waals surface area (Å²) in [6.45, 7) is 4.60. The van der Waals surface area contributed by atoms with Crippen molar-refractivity contribution >= 4 is 11.6 Å². The van der Waals surface area contributed by atoms with Crippen LogP contribution in [0.3, 0.4) is 0 Å². The van der Waals surface area contributed by atoms with Crippen LogP contribution in [-0.2, 0) is 17.8 Å². The van der Waals surface area contributed by atoms with Crippen molar-refractivity contribution in [2.75, 3.05) is 18.4 Å². The minimum atomic E-state index is -0.214. The Morgan fingerprint density at radius 2 is 1.80 bits per heavy atom. The van der Waals surface area contributed by atoms with E-state index in [4.69, 9.17) is 0 Å². The number of nitrogens with one attached hydrogen (secondary N) is 1. The van der Waals surface area contributed by atoms with Gasteiger partial charge in [-0.15, -0.1) is 0 Å². The van der Waals surface area contributed by atoms with Crippen molar-refractivity contribution in [3.63, 3.8) is 0 Å². The van der Waals surface area contributed by atoms with Gasteiger partial charge in [-0.2, -0.15) is 0 Å². The Hall–Kier alpha value is -2.20. The summed E-state index contributed by atoms with van der Waals surface area (Å²) < 4.78 is 13.0. The molecule has 1 saturated heterocycles. The first kappa shape index (κ1) is 17.6. The van der Waals surface area contributed by atoms with Gasteiger partial charge in [0.25, 0.3) is 0 Å². The van der Waals surface area contributed by atoms with Gasteiger partial charge in [0, 0.05) is 18.8 Å². The average Bonchev–Trinajstić information content (AvgIpc) is 2.64. The molecule has 132 valence electrons. The average molecular weight is 340 g/mol. The van der Waals surface area contributed by atoms with Crippen molar-refractivity contribution in [2.24, 2.45) is 5.92 Å². The smallest absolute Gasteiger partial charge is 0.228 e. The van der Waals surface area contributed by atoms with Gasteiger partial charge in [0.1, 0.15) is 5.82 Å². The number of piperidine rings is 1. The number of carbonyl (C=O) groups is 1. The molecular weight excluding hydrogens is 315 g/mol. The van der Waals surface area contributed by atoms with Gasteiger partial charge in [-0.3, -0.25) is 9.69 Å². The molecule has 2 aromatic rings. The Labute approximate surface area is 148 Å². The lowest BCUT2D eigenvalue weighted by atomic mass is 9.96. The minimum Gasteiger partial charge on any atom is -0.326 e. The molecule has 4 heteroatoms. The summed E-state index contributed by atoms with van der Waals surface area (Å²) in [6, 6.07) is 14.6. The number of anilines is 1. The molecule has 0 unspecified atom stereocenters. The first-order valence-electron chi connectivity index (χ1n) is 9.00. The fraction of sp³-hybridized carbons (Fsp3) is 0.381. The molecule has 0 saturated carbocycles. The molecule has 1 heterocycles. The maximum Gasteiger partial charge on any atom is 0.228 e. The fourth-order valence-electron chi connectivity index (χ4n) is 3.33. The fourth-order valence-corrected chi connectivity index (χ4v) is 3.33. The number of hydrogen-bond acceptors (Lipinski definition) is 2. The SMILES string of the molecule is CCc1ccc(NC(=O)[C@@H]2CCCN(Cc3ccc(F)cc3)C2)cc1. The van der Waals surface area contributed by atoms with E-state index in [1.54, 1.807) is 0 Å². The van der Waals surface area contributed by atoms with Gasteiger partial charge < -0.3 is 5.32 Å². The van der Waals surface area contributed by atoms with Crippen LogP contribution in [0.4, 0.5) is 10.1 Å². The van der Waals surface area contributed by atoms with Crippen molar-refractivity contribution in [2.45, 2.75) is 32.7 Å². The highest BCUT2D eigenvalue weighted by molar-refractivity contribution is 5.92. The standard InChI is InChI=1S/C21H25FN2O/c1-2-16-7-11-20(12-8-16)23-21(25)18-4-3-13-24(15-18)14-17-5-9-19(22)10-6-17/h5-12,18H,2-4,13-15H2,1H3,(H,23,25)/t18-/m1/s1. The number of aryl methyl sites for hydroxylation is 1. The second-order valence-corrected chi connectivity index (χ2v) is 6.74. The topological polar surface area (TPSA) is 32.3 Å².